The minimum absolute atomic E-state index is 0.00765. The minimum Gasteiger partial charge on any atom is -0.477 e. The number of nitrogens with zero attached hydrogens (tertiary/aromatic N) is 4. The summed E-state index contributed by atoms with van der Waals surface area (Å²) in [5.41, 5.74) is 10.7. The number of anilines is 2. The summed E-state index contributed by atoms with van der Waals surface area (Å²) in [4.78, 5) is 18.1. The van der Waals surface area contributed by atoms with Gasteiger partial charge in [-0.05, 0) is 0 Å². The standard InChI is InChI=1S/C6H6N6O2/c7-3-2(4(13)14)1-9-6-10-5(8)11-12(3)6/h1H,7H2,(H2,8,11)(H,13,14). The molecule has 0 saturated carbocycles. The van der Waals surface area contributed by atoms with Crippen molar-refractivity contribution in [2.75, 3.05) is 11.5 Å². The van der Waals surface area contributed by atoms with Crippen molar-refractivity contribution in [3.05, 3.63) is 11.8 Å². The molecule has 0 bridgehead atoms. The van der Waals surface area contributed by atoms with E-state index in [1.807, 2.05) is 0 Å². The Hall–Kier alpha value is -2.38. The maximum atomic E-state index is 10.7. The number of carboxylic acid groups (broad SMARTS) is 1. The number of hydrogen-bond donors (Lipinski definition) is 3. The molecule has 0 amide bonds. The van der Waals surface area contributed by atoms with E-state index < -0.39 is 5.97 Å². The van der Waals surface area contributed by atoms with Gasteiger partial charge in [0.15, 0.2) is 0 Å². The summed E-state index contributed by atoms with van der Waals surface area (Å²) in [6, 6.07) is 0. The monoisotopic (exact) mass is 194 g/mol. The largest absolute Gasteiger partial charge is 0.477 e. The highest BCUT2D eigenvalue weighted by Gasteiger charge is 2.13. The number of aromatic carboxylic acids is 1. The van der Waals surface area contributed by atoms with Gasteiger partial charge in [-0.15, -0.1) is 5.10 Å². The minimum atomic E-state index is -1.18. The molecule has 0 aliphatic carbocycles. The molecule has 0 aromatic carbocycles. The molecule has 14 heavy (non-hydrogen) atoms. The average molecular weight is 194 g/mol. The first-order valence-corrected chi connectivity index (χ1v) is 3.59. The number of aromatic nitrogens is 4. The van der Waals surface area contributed by atoms with Crippen molar-refractivity contribution in [3.63, 3.8) is 0 Å². The van der Waals surface area contributed by atoms with E-state index in [2.05, 4.69) is 15.1 Å². The van der Waals surface area contributed by atoms with Crippen LogP contribution in [0.25, 0.3) is 5.78 Å². The highest BCUT2D eigenvalue weighted by molar-refractivity contribution is 5.92. The molecule has 2 heterocycles. The van der Waals surface area contributed by atoms with E-state index in [1.165, 1.54) is 0 Å². The third-order valence-corrected chi connectivity index (χ3v) is 1.65. The molecule has 2 aromatic heterocycles. The SMILES string of the molecule is Nc1nc2ncc(C(=O)O)c(N)n2n1. The highest BCUT2D eigenvalue weighted by Crippen LogP contribution is 2.11. The molecular weight excluding hydrogens is 188 g/mol. The molecular formula is C6H6N6O2. The number of nitrogens with two attached hydrogens (primary N) is 2. The van der Waals surface area contributed by atoms with Gasteiger partial charge >= 0.3 is 5.97 Å². The maximum Gasteiger partial charge on any atom is 0.341 e. The van der Waals surface area contributed by atoms with Crippen LogP contribution in [0.3, 0.4) is 0 Å². The average Bonchev–Trinajstić information content (AvgIpc) is 2.46. The van der Waals surface area contributed by atoms with Crippen molar-refractivity contribution in [2.45, 2.75) is 0 Å². The lowest BCUT2D eigenvalue weighted by atomic mass is 10.3. The predicted molar refractivity (Wildman–Crippen MR) is 46.6 cm³/mol. The number of carboxylic acids is 1. The van der Waals surface area contributed by atoms with Gasteiger partial charge in [-0.25, -0.2) is 9.78 Å². The first-order chi connectivity index (χ1) is 6.59. The van der Waals surface area contributed by atoms with Gasteiger partial charge < -0.3 is 16.6 Å². The zero-order chi connectivity index (χ0) is 10.3. The molecule has 0 aliphatic rings. The Kier molecular flexibility index (Phi) is 1.50. The molecule has 0 radical (unpaired) electrons. The molecule has 8 heteroatoms. The van der Waals surface area contributed by atoms with Crippen LogP contribution in [0, 0.1) is 0 Å². The molecule has 0 saturated heterocycles. The Morgan fingerprint density at radius 3 is 2.86 bits per heavy atom. The van der Waals surface area contributed by atoms with Gasteiger partial charge in [0.05, 0.1) is 0 Å². The number of carbonyl (C=O) groups is 1. The lowest BCUT2D eigenvalue weighted by Crippen LogP contribution is -2.09. The third kappa shape index (κ3) is 1.01. The smallest absolute Gasteiger partial charge is 0.341 e. The second kappa shape index (κ2) is 2.55. The molecule has 0 atom stereocenters. The molecule has 2 rings (SSSR count). The molecule has 72 valence electrons. The van der Waals surface area contributed by atoms with Crippen LogP contribution < -0.4 is 11.5 Å². The van der Waals surface area contributed by atoms with Crippen molar-refractivity contribution in [3.8, 4) is 0 Å². The number of hydrogen-bond acceptors (Lipinski definition) is 6. The van der Waals surface area contributed by atoms with Gasteiger partial charge in [0.1, 0.15) is 11.4 Å². The summed E-state index contributed by atoms with van der Waals surface area (Å²) in [6.45, 7) is 0. The molecule has 2 aromatic rings. The van der Waals surface area contributed by atoms with E-state index in [9.17, 15) is 4.79 Å². The fourth-order valence-corrected chi connectivity index (χ4v) is 1.03. The van der Waals surface area contributed by atoms with Crippen LogP contribution in [-0.4, -0.2) is 30.7 Å². The fraction of sp³-hybridized carbons (Fsp3) is 0. The van der Waals surface area contributed by atoms with Crippen molar-refractivity contribution < 1.29 is 9.90 Å². The van der Waals surface area contributed by atoms with Crippen LogP contribution in [-0.2, 0) is 0 Å². The summed E-state index contributed by atoms with van der Waals surface area (Å²) < 4.78 is 1.08. The normalized spacial score (nSPS) is 10.6. The Balaban J connectivity index is 2.80. The zero-order valence-corrected chi connectivity index (χ0v) is 6.88. The van der Waals surface area contributed by atoms with Gasteiger partial charge in [-0.2, -0.15) is 9.50 Å². The summed E-state index contributed by atoms with van der Waals surface area (Å²) in [5.74, 6) is -1.06. The summed E-state index contributed by atoms with van der Waals surface area (Å²) in [5, 5.41) is 12.4. The van der Waals surface area contributed by atoms with E-state index in [-0.39, 0.29) is 23.1 Å². The van der Waals surface area contributed by atoms with Gasteiger partial charge in [-0.1, -0.05) is 0 Å². The summed E-state index contributed by atoms with van der Waals surface area (Å²) in [6.07, 6.45) is 1.11. The quantitative estimate of drug-likeness (QED) is 0.529. The van der Waals surface area contributed by atoms with Gasteiger partial charge in [-0.3, -0.25) is 0 Å². The number of nitrogen functional groups attached to an aromatic ring is 2. The van der Waals surface area contributed by atoms with Crippen molar-refractivity contribution >= 4 is 23.5 Å². The molecule has 0 aliphatic heterocycles. The number of rotatable bonds is 1. The lowest BCUT2D eigenvalue weighted by Gasteiger charge is -2.00. The van der Waals surface area contributed by atoms with Gasteiger partial charge in [0, 0.05) is 6.20 Å². The van der Waals surface area contributed by atoms with Gasteiger partial charge in [0.2, 0.25) is 5.95 Å². The topological polar surface area (TPSA) is 132 Å². The van der Waals surface area contributed by atoms with Crippen LogP contribution in [0.15, 0.2) is 6.20 Å². The molecule has 0 unspecified atom stereocenters. The van der Waals surface area contributed by atoms with E-state index in [1.54, 1.807) is 0 Å². The molecule has 8 nitrogen and oxygen atoms in total. The molecule has 0 fully saturated rings. The Morgan fingerprint density at radius 1 is 1.50 bits per heavy atom. The summed E-state index contributed by atoms with van der Waals surface area (Å²) in [7, 11) is 0. The summed E-state index contributed by atoms with van der Waals surface area (Å²) >= 11 is 0. The Bertz CT molecular complexity index is 518. The number of fused-ring (bicyclic) bond motifs is 1. The maximum absolute atomic E-state index is 10.7. The van der Waals surface area contributed by atoms with Crippen molar-refractivity contribution in [1.29, 1.82) is 0 Å². The second-order valence-corrected chi connectivity index (χ2v) is 2.54. The van der Waals surface area contributed by atoms with Crippen LogP contribution in [0.5, 0.6) is 0 Å². The van der Waals surface area contributed by atoms with E-state index >= 15 is 0 Å². The predicted octanol–water partition coefficient (Wildman–Crippen LogP) is -1.01. The first-order valence-electron chi connectivity index (χ1n) is 3.59. The van der Waals surface area contributed by atoms with Crippen LogP contribution in [0.1, 0.15) is 10.4 Å². The first kappa shape index (κ1) is 8.23. The third-order valence-electron chi connectivity index (χ3n) is 1.65. The second-order valence-electron chi connectivity index (χ2n) is 2.54. The lowest BCUT2D eigenvalue weighted by molar-refractivity contribution is 0.0697. The van der Waals surface area contributed by atoms with E-state index in [0.29, 0.717) is 0 Å². The zero-order valence-electron chi connectivity index (χ0n) is 6.88. The van der Waals surface area contributed by atoms with Crippen molar-refractivity contribution in [1.82, 2.24) is 19.6 Å². The van der Waals surface area contributed by atoms with E-state index in [4.69, 9.17) is 16.6 Å². The van der Waals surface area contributed by atoms with Crippen molar-refractivity contribution in [2.24, 2.45) is 0 Å². The molecule has 0 spiro atoms. The Labute approximate surface area is 77.2 Å². The van der Waals surface area contributed by atoms with Crippen LogP contribution in [0.2, 0.25) is 0 Å². The molecule has 5 N–H and O–H groups in total. The van der Waals surface area contributed by atoms with Crippen LogP contribution in [0.4, 0.5) is 11.8 Å². The van der Waals surface area contributed by atoms with Crippen LogP contribution >= 0.6 is 0 Å². The Morgan fingerprint density at radius 2 is 2.21 bits per heavy atom. The highest BCUT2D eigenvalue weighted by atomic mass is 16.4. The van der Waals surface area contributed by atoms with E-state index in [0.717, 1.165) is 10.7 Å². The van der Waals surface area contributed by atoms with Gasteiger partial charge in [0.25, 0.3) is 5.78 Å². The fourth-order valence-electron chi connectivity index (χ4n) is 1.03.